The molecule has 2 aromatic heterocycles. The van der Waals surface area contributed by atoms with E-state index in [1.807, 2.05) is 48.5 Å². The van der Waals surface area contributed by atoms with Gasteiger partial charge in [-0.3, -0.25) is 0 Å². The van der Waals surface area contributed by atoms with E-state index in [1.54, 1.807) is 6.26 Å². The maximum Gasteiger partial charge on any atom is 0.323 e. The molecule has 0 aliphatic carbocycles. The van der Waals surface area contributed by atoms with E-state index in [-0.39, 0.29) is 5.69 Å². The number of benzene rings is 2. The van der Waals surface area contributed by atoms with Gasteiger partial charge < -0.3 is 19.7 Å². The monoisotopic (exact) mass is 339 g/mol. The van der Waals surface area contributed by atoms with E-state index in [1.165, 1.54) is 0 Å². The lowest BCUT2D eigenvalue weighted by molar-refractivity contribution is 0.518. The summed E-state index contributed by atoms with van der Waals surface area (Å²) in [7, 11) is 0. The van der Waals surface area contributed by atoms with E-state index in [0.717, 1.165) is 33.6 Å². The topological polar surface area (TPSA) is 73.8 Å². The predicted molar refractivity (Wildman–Crippen MR) is 95.4 cm³/mol. The minimum atomic E-state index is -0.225. The summed E-state index contributed by atoms with van der Waals surface area (Å²) in [5, 5.41) is 3.99. The Morgan fingerprint density at radius 1 is 1.04 bits per heavy atom. The van der Waals surface area contributed by atoms with Gasteiger partial charge in [-0.1, -0.05) is 23.7 Å². The Bertz CT molecular complexity index is 1050. The highest BCUT2D eigenvalue weighted by Gasteiger charge is 2.11. The number of nitrogens with one attached hydrogen (secondary N) is 3. The molecule has 6 heteroatoms. The molecule has 0 unspecified atom stereocenters. The fourth-order valence-corrected chi connectivity index (χ4v) is 3.03. The van der Waals surface area contributed by atoms with Crippen LogP contribution in [0, 0.1) is 0 Å². The Kier molecular flexibility index (Phi) is 3.63. The Hall–Kier alpha value is -2.92. The molecule has 0 aliphatic heterocycles. The highest BCUT2D eigenvalue weighted by molar-refractivity contribution is 6.34. The van der Waals surface area contributed by atoms with Gasteiger partial charge in [-0.25, -0.2) is 4.79 Å². The van der Waals surface area contributed by atoms with E-state index in [0.29, 0.717) is 11.6 Å². The number of aromatic nitrogens is 2. The van der Waals surface area contributed by atoms with Crippen molar-refractivity contribution in [2.45, 2.75) is 6.54 Å². The average molecular weight is 340 g/mol. The van der Waals surface area contributed by atoms with Crippen LogP contribution in [0.4, 0.5) is 5.69 Å². The molecule has 0 saturated carbocycles. The van der Waals surface area contributed by atoms with Crippen LogP contribution in [-0.4, -0.2) is 9.97 Å². The molecule has 24 heavy (non-hydrogen) atoms. The first-order valence-electron chi connectivity index (χ1n) is 7.48. The molecule has 0 atom stereocenters. The third-order valence-corrected chi connectivity index (χ3v) is 4.17. The van der Waals surface area contributed by atoms with Crippen LogP contribution >= 0.6 is 11.6 Å². The maximum atomic E-state index is 11.4. The molecule has 0 radical (unpaired) electrons. The van der Waals surface area contributed by atoms with Gasteiger partial charge in [-0.05, 0) is 42.0 Å². The summed E-state index contributed by atoms with van der Waals surface area (Å²) in [4.78, 5) is 17.0. The van der Waals surface area contributed by atoms with E-state index < -0.39 is 0 Å². The number of rotatable bonds is 4. The van der Waals surface area contributed by atoms with Crippen molar-refractivity contribution in [2.24, 2.45) is 0 Å². The van der Waals surface area contributed by atoms with E-state index in [9.17, 15) is 4.79 Å². The number of halogens is 1. The molecule has 120 valence electrons. The van der Waals surface area contributed by atoms with Gasteiger partial charge in [0, 0.05) is 11.3 Å². The van der Waals surface area contributed by atoms with Gasteiger partial charge in [0.2, 0.25) is 0 Å². The fourth-order valence-electron chi connectivity index (χ4n) is 2.75. The van der Waals surface area contributed by atoms with Crippen molar-refractivity contribution in [3.63, 3.8) is 0 Å². The van der Waals surface area contributed by atoms with Crippen molar-refractivity contribution in [1.82, 2.24) is 9.97 Å². The van der Waals surface area contributed by atoms with E-state index in [2.05, 4.69) is 15.3 Å². The van der Waals surface area contributed by atoms with E-state index >= 15 is 0 Å². The second kappa shape index (κ2) is 5.94. The molecule has 0 spiro atoms. The van der Waals surface area contributed by atoms with Gasteiger partial charge in [0.05, 0.1) is 28.9 Å². The molecule has 0 bridgehead atoms. The molecular weight excluding hydrogens is 326 g/mol. The van der Waals surface area contributed by atoms with Crippen molar-refractivity contribution in [3.8, 4) is 11.1 Å². The predicted octanol–water partition coefficient (Wildman–Crippen LogP) is 4.38. The van der Waals surface area contributed by atoms with Crippen molar-refractivity contribution in [1.29, 1.82) is 0 Å². The second-order valence-electron chi connectivity index (χ2n) is 5.43. The maximum absolute atomic E-state index is 11.4. The van der Waals surface area contributed by atoms with Crippen LogP contribution < -0.4 is 11.0 Å². The highest BCUT2D eigenvalue weighted by atomic mass is 35.5. The Morgan fingerprint density at radius 3 is 2.75 bits per heavy atom. The van der Waals surface area contributed by atoms with Gasteiger partial charge in [-0.2, -0.15) is 0 Å². The van der Waals surface area contributed by atoms with Gasteiger partial charge in [-0.15, -0.1) is 0 Å². The van der Waals surface area contributed by atoms with E-state index in [4.69, 9.17) is 16.0 Å². The molecule has 3 N–H and O–H groups in total. The van der Waals surface area contributed by atoms with Crippen LogP contribution in [0.2, 0.25) is 5.02 Å². The van der Waals surface area contributed by atoms with Crippen molar-refractivity contribution in [3.05, 3.63) is 76.1 Å². The molecule has 4 aromatic rings. The zero-order valence-electron chi connectivity index (χ0n) is 12.6. The molecule has 0 fully saturated rings. The number of anilines is 1. The standard InChI is InChI=1S/C18H14ClN3O2/c19-13-4-1-5-15(20-10-12-3-2-8-24-12)17(13)11-6-7-14-16(9-11)22-18(23)21-14/h1-9,20H,10H2,(H2,21,22,23). The van der Waals surface area contributed by atoms with Gasteiger partial charge in [0.1, 0.15) is 5.76 Å². The second-order valence-corrected chi connectivity index (χ2v) is 5.84. The van der Waals surface area contributed by atoms with Crippen LogP contribution in [0.3, 0.4) is 0 Å². The molecule has 4 rings (SSSR count). The lowest BCUT2D eigenvalue weighted by atomic mass is 10.0. The number of furan rings is 1. The van der Waals surface area contributed by atoms with Crippen LogP contribution in [0.25, 0.3) is 22.2 Å². The van der Waals surface area contributed by atoms with Crippen LogP contribution in [0.5, 0.6) is 0 Å². The average Bonchev–Trinajstić information content (AvgIpc) is 3.20. The first kappa shape index (κ1) is 14.7. The number of hydrogen-bond acceptors (Lipinski definition) is 3. The molecule has 0 saturated heterocycles. The lowest BCUT2D eigenvalue weighted by Gasteiger charge is -2.13. The number of H-pyrrole nitrogens is 2. The van der Waals surface area contributed by atoms with Gasteiger partial charge in [0.25, 0.3) is 0 Å². The van der Waals surface area contributed by atoms with Crippen molar-refractivity contribution >= 4 is 28.3 Å². The molecule has 5 nitrogen and oxygen atoms in total. The Labute approximate surface area is 142 Å². The number of hydrogen-bond donors (Lipinski definition) is 3. The molecule has 2 aromatic carbocycles. The molecule has 0 amide bonds. The van der Waals surface area contributed by atoms with Crippen molar-refractivity contribution < 1.29 is 4.42 Å². The first-order chi connectivity index (χ1) is 11.7. The molecular formula is C18H14ClN3O2. The third-order valence-electron chi connectivity index (χ3n) is 3.85. The quantitative estimate of drug-likeness (QED) is 0.516. The summed E-state index contributed by atoms with van der Waals surface area (Å²) in [6.45, 7) is 0.559. The number of imidazole rings is 1. The van der Waals surface area contributed by atoms with Crippen molar-refractivity contribution in [2.75, 3.05) is 5.32 Å². The molecule has 0 aliphatic rings. The summed E-state index contributed by atoms with van der Waals surface area (Å²) in [5.41, 5.74) is 3.99. The van der Waals surface area contributed by atoms with Gasteiger partial charge >= 0.3 is 5.69 Å². The SMILES string of the molecule is O=c1[nH]c2ccc(-c3c(Cl)cccc3NCc3ccco3)cc2[nH]1. The Balaban J connectivity index is 1.76. The van der Waals surface area contributed by atoms with Crippen LogP contribution in [0.15, 0.2) is 64.0 Å². The zero-order valence-corrected chi connectivity index (χ0v) is 13.4. The minimum absolute atomic E-state index is 0.225. The summed E-state index contributed by atoms with van der Waals surface area (Å²) >= 11 is 6.44. The molecule has 2 heterocycles. The highest BCUT2D eigenvalue weighted by Crippen LogP contribution is 2.36. The summed E-state index contributed by atoms with van der Waals surface area (Å²) in [5.74, 6) is 0.839. The van der Waals surface area contributed by atoms with Crippen LogP contribution in [0.1, 0.15) is 5.76 Å². The third kappa shape index (κ3) is 2.70. The first-order valence-corrected chi connectivity index (χ1v) is 7.86. The van der Waals surface area contributed by atoms with Crippen LogP contribution in [-0.2, 0) is 6.54 Å². The van der Waals surface area contributed by atoms with Gasteiger partial charge in [0.15, 0.2) is 0 Å². The number of aromatic amines is 2. The smallest absolute Gasteiger partial charge is 0.323 e. The lowest BCUT2D eigenvalue weighted by Crippen LogP contribution is -2.00. The Morgan fingerprint density at radius 2 is 1.92 bits per heavy atom. The fraction of sp³-hybridized carbons (Fsp3) is 0.0556. The number of fused-ring (bicyclic) bond motifs is 1. The zero-order chi connectivity index (χ0) is 16.5. The summed E-state index contributed by atoms with van der Waals surface area (Å²) < 4.78 is 5.35. The minimum Gasteiger partial charge on any atom is -0.467 e. The normalized spacial score (nSPS) is 11.0. The largest absolute Gasteiger partial charge is 0.467 e. The summed E-state index contributed by atoms with van der Waals surface area (Å²) in [6, 6.07) is 15.2. The summed E-state index contributed by atoms with van der Waals surface area (Å²) in [6.07, 6.45) is 1.64.